The molecule has 1 aliphatic carbocycles. The first-order chi connectivity index (χ1) is 7.05. The Morgan fingerprint density at radius 3 is 2.87 bits per heavy atom. The number of hydrogen-bond donors (Lipinski definition) is 1. The van der Waals surface area contributed by atoms with Crippen LogP contribution in [0.25, 0.3) is 0 Å². The zero-order valence-electron chi connectivity index (χ0n) is 9.61. The summed E-state index contributed by atoms with van der Waals surface area (Å²) in [6.07, 6.45) is 9.25. The monoisotopic (exact) mass is 208 g/mol. The molecule has 1 fully saturated rings. The molecule has 0 amide bonds. The first kappa shape index (κ1) is 10.7. The highest BCUT2D eigenvalue weighted by Gasteiger charge is 2.31. The van der Waals surface area contributed by atoms with E-state index >= 15 is 0 Å². The Kier molecular flexibility index (Phi) is 2.83. The number of aryl methyl sites for hydroxylation is 2. The van der Waals surface area contributed by atoms with Gasteiger partial charge in [-0.15, -0.1) is 0 Å². The van der Waals surface area contributed by atoms with E-state index in [4.69, 9.17) is 0 Å². The molecule has 1 saturated carbocycles. The third-order valence-corrected chi connectivity index (χ3v) is 3.14. The lowest BCUT2D eigenvalue weighted by Crippen LogP contribution is -2.25. The summed E-state index contributed by atoms with van der Waals surface area (Å²) >= 11 is 0. The lowest BCUT2D eigenvalue weighted by molar-refractivity contribution is 0.0367. The van der Waals surface area contributed by atoms with Gasteiger partial charge >= 0.3 is 0 Å². The molecule has 0 saturated heterocycles. The van der Waals surface area contributed by atoms with E-state index in [1.165, 1.54) is 18.4 Å². The van der Waals surface area contributed by atoms with E-state index in [-0.39, 0.29) is 0 Å². The van der Waals surface area contributed by atoms with Crippen LogP contribution < -0.4 is 0 Å². The molecule has 1 aliphatic rings. The summed E-state index contributed by atoms with van der Waals surface area (Å²) in [6, 6.07) is 0. The van der Waals surface area contributed by atoms with E-state index in [1.807, 2.05) is 31.0 Å². The van der Waals surface area contributed by atoms with Crippen LogP contribution in [0.5, 0.6) is 0 Å². The number of aliphatic hydroxyl groups is 1. The van der Waals surface area contributed by atoms with Crippen LogP contribution in [0.15, 0.2) is 12.4 Å². The van der Waals surface area contributed by atoms with Crippen LogP contribution in [-0.2, 0) is 13.5 Å². The van der Waals surface area contributed by atoms with Crippen molar-refractivity contribution in [3.05, 3.63) is 18.0 Å². The van der Waals surface area contributed by atoms with E-state index in [0.29, 0.717) is 0 Å². The highest BCUT2D eigenvalue weighted by atomic mass is 16.3. The summed E-state index contributed by atoms with van der Waals surface area (Å²) in [6.45, 7) is 1.96. The van der Waals surface area contributed by atoms with Crippen molar-refractivity contribution in [1.29, 1.82) is 0 Å². The largest absolute Gasteiger partial charge is 0.390 e. The van der Waals surface area contributed by atoms with Gasteiger partial charge in [0.1, 0.15) is 0 Å². The molecule has 0 aromatic carbocycles. The molecule has 1 N–H and O–H groups in total. The summed E-state index contributed by atoms with van der Waals surface area (Å²) in [7, 11) is 1.92. The maximum atomic E-state index is 10.2. The maximum Gasteiger partial charge on any atom is 0.0625 e. The summed E-state index contributed by atoms with van der Waals surface area (Å²) in [5, 5.41) is 14.3. The third-order valence-electron chi connectivity index (χ3n) is 3.14. The van der Waals surface area contributed by atoms with Crippen LogP contribution in [-0.4, -0.2) is 20.5 Å². The minimum Gasteiger partial charge on any atom is -0.390 e. The Morgan fingerprint density at radius 2 is 2.33 bits per heavy atom. The van der Waals surface area contributed by atoms with Crippen molar-refractivity contribution in [3.8, 4) is 0 Å². The topological polar surface area (TPSA) is 38.0 Å². The average molecular weight is 208 g/mol. The molecule has 1 atom stereocenters. The van der Waals surface area contributed by atoms with Crippen molar-refractivity contribution in [3.63, 3.8) is 0 Å². The van der Waals surface area contributed by atoms with Crippen LogP contribution >= 0.6 is 0 Å². The fourth-order valence-corrected chi connectivity index (χ4v) is 2.06. The Morgan fingerprint density at radius 1 is 1.60 bits per heavy atom. The second-order valence-electron chi connectivity index (χ2n) is 5.17. The second-order valence-corrected chi connectivity index (χ2v) is 5.17. The maximum absolute atomic E-state index is 10.2. The molecule has 1 heterocycles. The Balaban J connectivity index is 1.80. The highest BCUT2D eigenvalue weighted by Crippen LogP contribution is 2.38. The van der Waals surface area contributed by atoms with Crippen molar-refractivity contribution in [2.45, 2.75) is 44.6 Å². The number of hydrogen-bond acceptors (Lipinski definition) is 2. The molecule has 15 heavy (non-hydrogen) atoms. The molecular formula is C12H20N2O. The van der Waals surface area contributed by atoms with Crippen LogP contribution in [0, 0.1) is 5.92 Å². The SMILES string of the molecule is Cn1cc(CCC(C)(O)CC2CC2)cn1. The minimum absolute atomic E-state index is 0.489. The average Bonchev–Trinajstić information content (AvgIpc) is 2.83. The van der Waals surface area contributed by atoms with Crippen LogP contribution in [0.4, 0.5) is 0 Å². The quantitative estimate of drug-likeness (QED) is 0.802. The second kappa shape index (κ2) is 3.97. The van der Waals surface area contributed by atoms with E-state index in [9.17, 15) is 5.11 Å². The highest BCUT2D eigenvalue weighted by molar-refractivity contribution is 5.04. The lowest BCUT2D eigenvalue weighted by atomic mass is 9.92. The zero-order valence-corrected chi connectivity index (χ0v) is 9.61. The van der Waals surface area contributed by atoms with Gasteiger partial charge in [-0.2, -0.15) is 5.10 Å². The molecule has 1 unspecified atom stereocenters. The van der Waals surface area contributed by atoms with Gasteiger partial charge in [0.15, 0.2) is 0 Å². The van der Waals surface area contributed by atoms with Gasteiger partial charge in [-0.1, -0.05) is 12.8 Å². The van der Waals surface area contributed by atoms with Crippen molar-refractivity contribution in [2.75, 3.05) is 0 Å². The van der Waals surface area contributed by atoms with Crippen molar-refractivity contribution < 1.29 is 5.11 Å². The van der Waals surface area contributed by atoms with Gasteiger partial charge in [0, 0.05) is 13.2 Å². The predicted molar refractivity (Wildman–Crippen MR) is 59.5 cm³/mol. The van der Waals surface area contributed by atoms with Crippen LogP contribution in [0.3, 0.4) is 0 Å². The van der Waals surface area contributed by atoms with Crippen LogP contribution in [0.2, 0.25) is 0 Å². The van der Waals surface area contributed by atoms with Gasteiger partial charge in [-0.25, -0.2) is 0 Å². The summed E-state index contributed by atoms with van der Waals surface area (Å²) in [4.78, 5) is 0. The number of aromatic nitrogens is 2. The zero-order chi connectivity index (χ0) is 10.9. The fraction of sp³-hybridized carbons (Fsp3) is 0.750. The predicted octanol–water partition coefficient (Wildman–Crippen LogP) is 1.90. The fourth-order valence-electron chi connectivity index (χ4n) is 2.06. The summed E-state index contributed by atoms with van der Waals surface area (Å²) in [5.41, 5.74) is 0.727. The van der Waals surface area contributed by atoms with E-state index in [2.05, 4.69) is 5.10 Å². The molecular weight excluding hydrogens is 188 g/mol. The molecule has 0 aliphatic heterocycles. The molecule has 1 aromatic rings. The molecule has 3 heteroatoms. The van der Waals surface area contributed by atoms with Gasteiger partial charge in [0.05, 0.1) is 11.8 Å². The molecule has 3 nitrogen and oxygen atoms in total. The van der Waals surface area contributed by atoms with Crippen molar-refractivity contribution >= 4 is 0 Å². The smallest absolute Gasteiger partial charge is 0.0625 e. The van der Waals surface area contributed by atoms with E-state index in [0.717, 1.165) is 25.2 Å². The molecule has 0 radical (unpaired) electrons. The third kappa shape index (κ3) is 3.34. The van der Waals surface area contributed by atoms with E-state index in [1.54, 1.807) is 0 Å². The lowest BCUT2D eigenvalue weighted by Gasteiger charge is -2.22. The van der Waals surface area contributed by atoms with Gasteiger partial charge < -0.3 is 5.11 Å². The molecule has 0 spiro atoms. The molecule has 0 bridgehead atoms. The number of rotatable bonds is 5. The van der Waals surface area contributed by atoms with E-state index < -0.39 is 5.60 Å². The van der Waals surface area contributed by atoms with Crippen LogP contribution in [0.1, 0.15) is 38.2 Å². The Hall–Kier alpha value is -0.830. The van der Waals surface area contributed by atoms with Crippen molar-refractivity contribution in [1.82, 2.24) is 9.78 Å². The van der Waals surface area contributed by atoms with Gasteiger partial charge in [-0.3, -0.25) is 4.68 Å². The van der Waals surface area contributed by atoms with Gasteiger partial charge in [0.2, 0.25) is 0 Å². The summed E-state index contributed by atoms with van der Waals surface area (Å²) in [5.74, 6) is 0.786. The minimum atomic E-state index is -0.489. The molecule has 1 aromatic heterocycles. The normalized spacial score (nSPS) is 20.2. The van der Waals surface area contributed by atoms with Gasteiger partial charge in [0.25, 0.3) is 0 Å². The first-order valence-electron chi connectivity index (χ1n) is 5.75. The van der Waals surface area contributed by atoms with Gasteiger partial charge in [-0.05, 0) is 37.7 Å². The standard InChI is InChI=1S/C12H20N2O/c1-12(15,7-10-3-4-10)6-5-11-8-13-14(2)9-11/h8-10,15H,3-7H2,1-2H3. The summed E-state index contributed by atoms with van der Waals surface area (Å²) < 4.78 is 1.81. The first-order valence-corrected chi connectivity index (χ1v) is 5.75. The van der Waals surface area contributed by atoms with Crippen molar-refractivity contribution in [2.24, 2.45) is 13.0 Å². The number of nitrogens with zero attached hydrogens (tertiary/aromatic N) is 2. The molecule has 2 rings (SSSR count). The molecule has 84 valence electrons. The Labute approximate surface area is 91.1 Å². The Bertz CT molecular complexity index is 326.